The first-order valence-corrected chi connectivity index (χ1v) is 5.10. The molecule has 0 aliphatic carbocycles. The molecule has 0 saturated heterocycles. The van der Waals surface area contributed by atoms with Gasteiger partial charge in [0.2, 0.25) is 5.88 Å². The SMILES string of the molecule is COc1c(CC(=O)O)cnn1-c1ccccc1. The van der Waals surface area contributed by atoms with Crippen molar-refractivity contribution >= 4 is 5.97 Å². The first kappa shape index (κ1) is 11.2. The van der Waals surface area contributed by atoms with Crippen molar-refractivity contribution < 1.29 is 14.6 Å². The van der Waals surface area contributed by atoms with Crippen LogP contribution < -0.4 is 4.74 Å². The molecule has 2 rings (SSSR count). The van der Waals surface area contributed by atoms with E-state index in [1.165, 1.54) is 13.3 Å². The fourth-order valence-electron chi connectivity index (χ4n) is 1.63. The zero-order valence-electron chi connectivity index (χ0n) is 9.33. The number of aromatic nitrogens is 2. The summed E-state index contributed by atoms with van der Waals surface area (Å²) in [6, 6.07) is 9.42. The van der Waals surface area contributed by atoms with Gasteiger partial charge in [-0.2, -0.15) is 5.10 Å². The highest BCUT2D eigenvalue weighted by Crippen LogP contribution is 2.22. The van der Waals surface area contributed by atoms with Gasteiger partial charge < -0.3 is 9.84 Å². The molecule has 0 bridgehead atoms. The minimum Gasteiger partial charge on any atom is -0.481 e. The van der Waals surface area contributed by atoms with Crippen molar-refractivity contribution in [1.82, 2.24) is 9.78 Å². The van der Waals surface area contributed by atoms with Crippen LogP contribution in [0.15, 0.2) is 36.5 Å². The third kappa shape index (κ3) is 2.28. The molecule has 5 nitrogen and oxygen atoms in total. The van der Waals surface area contributed by atoms with Crippen LogP contribution in [0.25, 0.3) is 5.69 Å². The van der Waals surface area contributed by atoms with Crippen LogP contribution in [0.5, 0.6) is 5.88 Å². The highest BCUT2D eigenvalue weighted by atomic mass is 16.5. The monoisotopic (exact) mass is 232 g/mol. The summed E-state index contributed by atoms with van der Waals surface area (Å²) in [7, 11) is 1.50. The van der Waals surface area contributed by atoms with Crippen LogP contribution in [-0.4, -0.2) is 28.0 Å². The summed E-state index contributed by atoms with van der Waals surface area (Å²) < 4.78 is 6.79. The van der Waals surface area contributed by atoms with Gasteiger partial charge in [0, 0.05) is 5.56 Å². The number of ether oxygens (including phenoxy) is 1. The van der Waals surface area contributed by atoms with E-state index in [9.17, 15) is 4.79 Å². The number of aliphatic carboxylic acids is 1. The number of hydrogen-bond acceptors (Lipinski definition) is 3. The van der Waals surface area contributed by atoms with E-state index in [1.54, 1.807) is 4.68 Å². The molecule has 1 aromatic heterocycles. The molecule has 0 spiro atoms. The number of nitrogens with zero attached hydrogens (tertiary/aromatic N) is 2. The van der Waals surface area contributed by atoms with Gasteiger partial charge in [-0.1, -0.05) is 18.2 Å². The molecule has 0 unspecified atom stereocenters. The van der Waals surface area contributed by atoms with Gasteiger partial charge >= 0.3 is 5.97 Å². The van der Waals surface area contributed by atoms with Crippen molar-refractivity contribution in [2.24, 2.45) is 0 Å². The van der Waals surface area contributed by atoms with Gasteiger partial charge in [-0.05, 0) is 12.1 Å². The van der Waals surface area contributed by atoms with Crippen LogP contribution in [0.3, 0.4) is 0 Å². The molecular weight excluding hydrogens is 220 g/mol. The number of carboxylic acid groups (broad SMARTS) is 1. The van der Waals surface area contributed by atoms with E-state index in [-0.39, 0.29) is 6.42 Å². The zero-order valence-corrected chi connectivity index (χ0v) is 9.33. The van der Waals surface area contributed by atoms with E-state index in [1.807, 2.05) is 30.3 Å². The van der Waals surface area contributed by atoms with E-state index in [4.69, 9.17) is 9.84 Å². The molecule has 0 amide bonds. The maximum absolute atomic E-state index is 10.7. The standard InChI is InChI=1S/C12H12N2O3/c1-17-12-9(7-11(15)16)8-13-14(12)10-5-3-2-4-6-10/h2-6,8H,7H2,1H3,(H,15,16). The quantitative estimate of drug-likeness (QED) is 0.867. The number of benzene rings is 1. The molecule has 0 aliphatic rings. The fraction of sp³-hybridized carbons (Fsp3) is 0.167. The van der Waals surface area contributed by atoms with E-state index in [0.29, 0.717) is 11.4 Å². The summed E-state index contributed by atoms with van der Waals surface area (Å²) in [6.07, 6.45) is 1.41. The molecule has 1 aromatic carbocycles. The molecule has 1 heterocycles. The van der Waals surface area contributed by atoms with Crippen LogP contribution in [0.2, 0.25) is 0 Å². The Hall–Kier alpha value is -2.30. The average molecular weight is 232 g/mol. The summed E-state index contributed by atoms with van der Waals surface area (Å²) in [6.45, 7) is 0. The fourth-order valence-corrected chi connectivity index (χ4v) is 1.63. The maximum Gasteiger partial charge on any atom is 0.308 e. The summed E-state index contributed by atoms with van der Waals surface area (Å²) in [4.78, 5) is 10.7. The summed E-state index contributed by atoms with van der Waals surface area (Å²) in [5.41, 5.74) is 1.39. The molecule has 88 valence electrons. The molecule has 0 radical (unpaired) electrons. The van der Waals surface area contributed by atoms with Crippen molar-refractivity contribution in [3.8, 4) is 11.6 Å². The number of rotatable bonds is 4. The van der Waals surface area contributed by atoms with Crippen molar-refractivity contribution in [1.29, 1.82) is 0 Å². The highest BCUT2D eigenvalue weighted by Gasteiger charge is 2.14. The van der Waals surface area contributed by atoms with Crippen LogP contribution in [0.4, 0.5) is 0 Å². The Morgan fingerprint density at radius 3 is 2.71 bits per heavy atom. The second-order valence-corrected chi connectivity index (χ2v) is 3.50. The molecular formula is C12H12N2O3. The molecule has 17 heavy (non-hydrogen) atoms. The van der Waals surface area contributed by atoms with Gasteiger partial charge in [0.25, 0.3) is 0 Å². The molecule has 1 N–H and O–H groups in total. The lowest BCUT2D eigenvalue weighted by Gasteiger charge is -2.07. The first-order valence-electron chi connectivity index (χ1n) is 5.10. The second-order valence-electron chi connectivity index (χ2n) is 3.50. The number of para-hydroxylation sites is 1. The Kier molecular flexibility index (Phi) is 3.09. The van der Waals surface area contributed by atoms with Gasteiger partial charge in [-0.25, -0.2) is 4.68 Å². The lowest BCUT2D eigenvalue weighted by molar-refractivity contribution is -0.136. The van der Waals surface area contributed by atoms with E-state index in [0.717, 1.165) is 5.69 Å². The number of methoxy groups -OCH3 is 1. The third-order valence-corrected chi connectivity index (χ3v) is 2.33. The zero-order chi connectivity index (χ0) is 12.3. The lowest BCUT2D eigenvalue weighted by Crippen LogP contribution is -2.03. The lowest BCUT2D eigenvalue weighted by atomic mass is 10.2. The van der Waals surface area contributed by atoms with Crippen LogP contribution in [-0.2, 0) is 11.2 Å². The molecule has 0 fully saturated rings. The van der Waals surface area contributed by atoms with Gasteiger partial charge in [-0.3, -0.25) is 4.79 Å². The summed E-state index contributed by atoms with van der Waals surface area (Å²) >= 11 is 0. The van der Waals surface area contributed by atoms with E-state index < -0.39 is 5.97 Å². The van der Waals surface area contributed by atoms with Gasteiger partial charge in [-0.15, -0.1) is 0 Å². The normalized spacial score (nSPS) is 10.2. The molecule has 0 aliphatic heterocycles. The van der Waals surface area contributed by atoms with Crippen molar-refractivity contribution in [2.75, 3.05) is 7.11 Å². The predicted octanol–water partition coefficient (Wildman–Crippen LogP) is 1.51. The van der Waals surface area contributed by atoms with Crippen molar-refractivity contribution in [3.63, 3.8) is 0 Å². The average Bonchev–Trinajstić information content (AvgIpc) is 2.72. The Balaban J connectivity index is 2.42. The Labute approximate surface area is 98.3 Å². The first-order chi connectivity index (χ1) is 8.22. The summed E-state index contributed by atoms with van der Waals surface area (Å²) in [5.74, 6) is -0.450. The Morgan fingerprint density at radius 2 is 2.12 bits per heavy atom. The molecule has 0 saturated carbocycles. The van der Waals surface area contributed by atoms with Crippen LogP contribution in [0.1, 0.15) is 5.56 Å². The minimum atomic E-state index is -0.907. The summed E-state index contributed by atoms with van der Waals surface area (Å²) in [5, 5.41) is 12.9. The van der Waals surface area contributed by atoms with E-state index in [2.05, 4.69) is 5.10 Å². The Bertz CT molecular complexity index is 520. The number of hydrogen-bond donors (Lipinski definition) is 1. The van der Waals surface area contributed by atoms with Crippen LogP contribution >= 0.6 is 0 Å². The minimum absolute atomic E-state index is 0.101. The highest BCUT2D eigenvalue weighted by molar-refractivity contribution is 5.71. The van der Waals surface area contributed by atoms with E-state index >= 15 is 0 Å². The van der Waals surface area contributed by atoms with Gasteiger partial charge in [0.15, 0.2) is 0 Å². The topological polar surface area (TPSA) is 64.3 Å². The predicted molar refractivity (Wildman–Crippen MR) is 61.5 cm³/mol. The molecule has 5 heteroatoms. The van der Waals surface area contributed by atoms with Crippen LogP contribution in [0, 0.1) is 0 Å². The largest absolute Gasteiger partial charge is 0.481 e. The smallest absolute Gasteiger partial charge is 0.308 e. The number of carboxylic acids is 1. The van der Waals surface area contributed by atoms with Gasteiger partial charge in [0.1, 0.15) is 0 Å². The maximum atomic E-state index is 10.7. The van der Waals surface area contributed by atoms with Crippen molar-refractivity contribution in [3.05, 3.63) is 42.1 Å². The molecule has 2 aromatic rings. The molecule has 0 atom stereocenters. The third-order valence-electron chi connectivity index (χ3n) is 2.33. The van der Waals surface area contributed by atoms with Gasteiger partial charge in [0.05, 0.1) is 25.4 Å². The second kappa shape index (κ2) is 4.69. The number of carbonyl (C=O) groups is 1. The van der Waals surface area contributed by atoms with Crippen molar-refractivity contribution in [2.45, 2.75) is 6.42 Å². The Morgan fingerprint density at radius 1 is 1.41 bits per heavy atom.